The molecule has 1 heterocycles. The lowest BCUT2D eigenvalue weighted by molar-refractivity contribution is 0.261. The topological polar surface area (TPSA) is 3.24 Å². The Bertz CT molecular complexity index is 329. The monoisotopic (exact) mass is 271 g/mol. The molecule has 1 aromatic carbocycles. The van der Waals surface area contributed by atoms with Gasteiger partial charge >= 0.3 is 0 Å². The normalized spacial score (nSPS) is 22.1. The molecule has 82 valence electrons. The van der Waals surface area contributed by atoms with Gasteiger partial charge in [0.2, 0.25) is 0 Å². The van der Waals surface area contributed by atoms with Gasteiger partial charge in [0.1, 0.15) is 5.82 Å². The molecular weight excluding hydrogens is 257 g/mol. The Kier molecular flexibility index (Phi) is 3.76. The standard InChI is InChI=1S/C12H15BrFN/c13-8-11-5-3-7-15(11)9-10-4-1-2-6-12(10)14/h1-2,4,6,11H,3,5,7-9H2. The number of alkyl halides is 1. The highest BCUT2D eigenvalue weighted by atomic mass is 79.9. The maximum atomic E-state index is 13.4. The number of hydrogen-bond acceptors (Lipinski definition) is 1. The van der Waals surface area contributed by atoms with Gasteiger partial charge in [-0.2, -0.15) is 0 Å². The minimum atomic E-state index is -0.0854. The van der Waals surface area contributed by atoms with Crippen molar-refractivity contribution in [1.82, 2.24) is 4.90 Å². The fourth-order valence-electron chi connectivity index (χ4n) is 2.12. The first-order chi connectivity index (χ1) is 7.31. The number of hydrogen-bond donors (Lipinski definition) is 0. The summed E-state index contributed by atoms with van der Waals surface area (Å²) in [5.41, 5.74) is 0.811. The Balaban J connectivity index is 2.05. The molecule has 2 rings (SSSR count). The molecule has 1 aromatic rings. The second kappa shape index (κ2) is 5.08. The van der Waals surface area contributed by atoms with E-state index >= 15 is 0 Å². The van der Waals surface area contributed by atoms with Crippen molar-refractivity contribution in [3.8, 4) is 0 Å². The average molecular weight is 272 g/mol. The van der Waals surface area contributed by atoms with E-state index in [0.717, 1.165) is 24.0 Å². The first-order valence-corrected chi connectivity index (χ1v) is 6.47. The lowest BCUT2D eigenvalue weighted by atomic mass is 10.2. The number of likely N-dealkylation sites (tertiary alicyclic amines) is 1. The maximum absolute atomic E-state index is 13.4. The van der Waals surface area contributed by atoms with Crippen LogP contribution in [0, 0.1) is 5.82 Å². The van der Waals surface area contributed by atoms with Gasteiger partial charge < -0.3 is 0 Å². The molecule has 0 aliphatic carbocycles. The summed E-state index contributed by atoms with van der Waals surface area (Å²) in [4.78, 5) is 2.35. The van der Waals surface area contributed by atoms with Crippen LogP contribution in [0.5, 0.6) is 0 Å². The van der Waals surface area contributed by atoms with Crippen LogP contribution in [0.3, 0.4) is 0 Å². The van der Waals surface area contributed by atoms with Crippen molar-refractivity contribution in [1.29, 1.82) is 0 Å². The molecule has 1 aliphatic rings. The van der Waals surface area contributed by atoms with E-state index in [2.05, 4.69) is 20.8 Å². The van der Waals surface area contributed by atoms with E-state index in [4.69, 9.17) is 0 Å². The van der Waals surface area contributed by atoms with Crippen molar-refractivity contribution >= 4 is 15.9 Å². The van der Waals surface area contributed by atoms with E-state index in [1.54, 1.807) is 6.07 Å². The molecule has 1 nitrogen and oxygen atoms in total. The van der Waals surface area contributed by atoms with Gasteiger partial charge in [0.05, 0.1) is 0 Å². The highest BCUT2D eigenvalue weighted by Gasteiger charge is 2.23. The fraction of sp³-hybridized carbons (Fsp3) is 0.500. The van der Waals surface area contributed by atoms with E-state index in [0.29, 0.717) is 6.04 Å². The van der Waals surface area contributed by atoms with Crippen LogP contribution in [0.4, 0.5) is 4.39 Å². The molecule has 0 aromatic heterocycles. The third kappa shape index (κ3) is 2.58. The van der Waals surface area contributed by atoms with Crippen molar-refractivity contribution in [3.63, 3.8) is 0 Å². The maximum Gasteiger partial charge on any atom is 0.127 e. The third-order valence-corrected chi connectivity index (χ3v) is 3.76. The largest absolute Gasteiger partial charge is 0.295 e. The van der Waals surface area contributed by atoms with Crippen molar-refractivity contribution in [2.45, 2.75) is 25.4 Å². The molecule has 1 unspecified atom stereocenters. The van der Waals surface area contributed by atoms with Crippen LogP contribution in [0.25, 0.3) is 0 Å². The molecule has 0 N–H and O–H groups in total. The summed E-state index contributed by atoms with van der Waals surface area (Å²) in [6.45, 7) is 1.83. The van der Waals surface area contributed by atoms with E-state index in [9.17, 15) is 4.39 Å². The zero-order valence-corrected chi connectivity index (χ0v) is 10.2. The SMILES string of the molecule is Fc1ccccc1CN1CCCC1CBr. The molecule has 0 saturated carbocycles. The predicted octanol–water partition coefficient (Wildman–Crippen LogP) is 3.19. The van der Waals surface area contributed by atoms with Gasteiger partial charge in [-0.3, -0.25) is 4.90 Å². The Morgan fingerprint density at radius 1 is 1.40 bits per heavy atom. The summed E-state index contributed by atoms with van der Waals surface area (Å²) in [6.07, 6.45) is 2.45. The van der Waals surface area contributed by atoms with Crippen LogP contribution >= 0.6 is 15.9 Å². The van der Waals surface area contributed by atoms with Crippen LogP contribution in [-0.2, 0) is 6.54 Å². The second-order valence-electron chi connectivity index (χ2n) is 4.01. The summed E-state index contributed by atoms with van der Waals surface area (Å²) < 4.78 is 13.4. The Morgan fingerprint density at radius 3 is 2.93 bits per heavy atom. The van der Waals surface area contributed by atoms with Gasteiger partial charge in [0.25, 0.3) is 0 Å². The number of rotatable bonds is 3. The van der Waals surface area contributed by atoms with Gasteiger partial charge in [-0.15, -0.1) is 0 Å². The highest BCUT2D eigenvalue weighted by Crippen LogP contribution is 2.22. The zero-order valence-electron chi connectivity index (χ0n) is 8.63. The van der Waals surface area contributed by atoms with Crippen molar-refractivity contribution < 1.29 is 4.39 Å². The van der Waals surface area contributed by atoms with Crippen LogP contribution in [0.2, 0.25) is 0 Å². The molecule has 3 heteroatoms. The lowest BCUT2D eigenvalue weighted by Crippen LogP contribution is -2.30. The van der Waals surface area contributed by atoms with Gasteiger partial charge in [-0.05, 0) is 25.5 Å². The molecule has 1 aliphatic heterocycles. The number of nitrogens with zero attached hydrogens (tertiary/aromatic N) is 1. The Morgan fingerprint density at radius 2 is 2.20 bits per heavy atom. The second-order valence-corrected chi connectivity index (χ2v) is 4.66. The molecule has 1 saturated heterocycles. The average Bonchev–Trinajstić information content (AvgIpc) is 2.69. The van der Waals surface area contributed by atoms with E-state index in [-0.39, 0.29) is 5.82 Å². The summed E-state index contributed by atoms with van der Waals surface area (Å²) >= 11 is 3.51. The quantitative estimate of drug-likeness (QED) is 0.764. The first-order valence-electron chi connectivity index (χ1n) is 5.34. The lowest BCUT2D eigenvalue weighted by Gasteiger charge is -2.22. The molecule has 15 heavy (non-hydrogen) atoms. The Hall–Kier alpha value is -0.410. The molecular formula is C12H15BrFN. The van der Waals surface area contributed by atoms with Gasteiger partial charge in [-0.1, -0.05) is 34.1 Å². The highest BCUT2D eigenvalue weighted by molar-refractivity contribution is 9.09. The Labute approximate surface area is 98.4 Å². The summed E-state index contributed by atoms with van der Waals surface area (Å²) in [7, 11) is 0. The summed E-state index contributed by atoms with van der Waals surface area (Å²) in [5, 5.41) is 0.988. The molecule has 1 atom stereocenters. The predicted molar refractivity (Wildman–Crippen MR) is 63.6 cm³/mol. The smallest absolute Gasteiger partial charge is 0.127 e. The van der Waals surface area contributed by atoms with Crippen molar-refractivity contribution in [2.75, 3.05) is 11.9 Å². The molecule has 0 bridgehead atoms. The van der Waals surface area contributed by atoms with Crippen LogP contribution < -0.4 is 0 Å². The summed E-state index contributed by atoms with van der Waals surface area (Å²) in [6, 6.07) is 7.63. The van der Waals surface area contributed by atoms with Crippen LogP contribution in [0.15, 0.2) is 24.3 Å². The van der Waals surface area contributed by atoms with E-state index in [1.165, 1.54) is 18.9 Å². The van der Waals surface area contributed by atoms with Crippen LogP contribution in [0.1, 0.15) is 18.4 Å². The minimum Gasteiger partial charge on any atom is -0.295 e. The van der Waals surface area contributed by atoms with Gasteiger partial charge in [0, 0.05) is 23.5 Å². The summed E-state index contributed by atoms with van der Waals surface area (Å²) in [5.74, 6) is -0.0854. The van der Waals surface area contributed by atoms with Crippen molar-refractivity contribution in [2.24, 2.45) is 0 Å². The molecule has 1 fully saturated rings. The van der Waals surface area contributed by atoms with E-state index < -0.39 is 0 Å². The number of halogens is 2. The fourth-order valence-corrected chi connectivity index (χ4v) is 2.86. The first kappa shape index (κ1) is 11.1. The molecule has 0 amide bonds. The van der Waals surface area contributed by atoms with Crippen molar-refractivity contribution in [3.05, 3.63) is 35.6 Å². The number of benzene rings is 1. The molecule has 0 spiro atoms. The minimum absolute atomic E-state index is 0.0854. The van der Waals surface area contributed by atoms with Gasteiger partial charge in [-0.25, -0.2) is 4.39 Å². The van der Waals surface area contributed by atoms with Crippen LogP contribution in [-0.4, -0.2) is 22.8 Å². The van der Waals surface area contributed by atoms with E-state index in [1.807, 2.05) is 12.1 Å². The zero-order chi connectivity index (χ0) is 10.7. The third-order valence-electron chi connectivity index (χ3n) is 3.01. The van der Waals surface area contributed by atoms with Gasteiger partial charge in [0.15, 0.2) is 0 Å². The molecule has 0 radical (unpaired) electrons.